The number of urea groups is 1. The van der Waals surface area contributed by atoms with Gasteiger partial charge in [-0.15, -0.1) is 0 Å². The van der Waals surface area contributed by atoms with E-state index in [9.17, 15) is 44.3 Å². The standard InChI is InChI=1S/C26H29F6N3O3.C2HF3O2/c1-34-9-8-24(15-4-5-20(37-2)21(13-15)38-3)7-6-18(14-22(24)34)35(23(33)36)19-11-16(25(27,28)29)10-17(12-19)26(30,31)32;3-2(4,5)1(6)7/h4-5,10-13,18,22H,6-9,14H2,1-3H3,(H2,33,36);(H,6,7)/t18-,22+,24+;/m1./s1. The van der Waals surface area contributed by atoms with Gasteiger partial charge in [-0.05, 0) is 75.2 Å². The van der Waals surface area contributed by atoms with Crippen LogP contribution in [-0.4, -0.2) is 68.1 Å². The number of benzene rings is 2. The van der Waals surface area contributed by atoms with Gasteiger partial charge in [-0.3, -0.25) is 4.90 Å². The van der Waals surface area contributed by atoms with Crippen LogP contribution in [-0.2, 0) is 22.6 Å². The number of likely N-dealkylation sites (N-methyl/N-ethyl adjacent to an activating group) is 1. The van der Waals surface area contributed by atoms with Crippen molar-refractivity contribution in [2.75, 3.05) is 32.7 Å². The number of aliphatic carboxylic acids is 1. The van der Waals surface area contributed by atoms with E-state index in [1.165, 1.54) is 14.2 Å². The Bertz CT molecular complexity index is 1360. The fourth-order valence-corrected chi connectivity index (χ4v) is 6.07. The van der Waals surface area contributed by atoms with E-state index < -0.39 is 53.4 Å². The molecule has 0 aromatic heterocycles. The minimum Gasteiger partial charge on any atom is -0.493 e. The number of fused-ring (bicyclic) bond motifs is 1. The van der Waals surface area contributed by atoms with Gasteiger partial charge in [-0.25, -0.2) is 9.59 Å². The summed E-state index contributed by atoms with van der Waals surface area (Å²) < 4.78 is 124. The number of ether oxygens (including phenoxy) is 2. The molecule has 2 aliphatic rings. The number of carbonyl (C=O) groups excluding carboxylic acids is 1. The third kappa shape index (κ3) is 7.68. The molecule has 0 unspecified atom stereocenters. The molecule has 2 amide bonds. The van der Waals surface area contributed by atoms with Crippen molar-refractivity contribution in [3.8, 4) is 11.5 Å². The van der Waals surface area contributed by atoms with Crippen LogP contribution < -0.4 is 20.1 Å². The zero-order valence-electron chi connectivity index (χ0n) is 24.1. The lowest BCUT2D eigenvalue weighted by molar-refractivity contribution is -0.192. The van der Waals surface area contributed by atoms with E-state index in [0.717, 1.165) is 23.4 Å². The number of primary amides is 1. The highest BCUT2D eigenvalue weighted by Gasteiger charge is 2.52. The second-order valence-corrected chi connectivity index (χ2v) is 10.7. The molecule has 1 aliphatic heterocycles. The van der Waals surface area contributed by atoms with Gasteiger partial charge in [0.25, 0.3) is 0 Å². The fourth-order valence-electron chi connectivity index (χ4n) is 6.07. The molecule has 1 saturated carbocycles. The summed E-state index contributed by atoms with van der Waals surface area (Å²) in [6.07, 6.45) is -13.2. The second-order valence-electron chi connectivity index (χ2n) is 10.7. The topological polar surface area (TPSA) is 105 Å². The largest absolute Gasteiger partial charge is 0.493 e. The van der Waals surface area contributed by atoms with Gasteiger partial charge in [0.1, 0.15) is 0 Å². The fraction of sp³-hybridized carbons (Fsp3) is 0.500. The van der Waals surface area contributed by atoms with Gasteiger partial charge >= 0.3 is 30.5 Å². The van der Waals surface area contributed by atoms with Crippen molar-refractivity contribution in [3.05, 3.63) is 53.1 Å². The number of anilines is 1. The van der Waals surface area contributed by atoms with Crippen LogP contribution in [0.4, 0.5) is 50.0 Å². The van der Waals surface area contributed by atoms with E-state index >= 15 is 0 Å². The Kier molecular flexibility index (Phi) is 10.2. The number of likely N-dealkylation sites (tertiary alicyclic amines) is 1. The molecule has 3 atom stereocenters. The maximum absolute atomic E-state index is 13.5. The lowest BCUT2D eigenvalue weighted by Gasteiger charge is -2.47. The molecule has 8 nitrogen and oxygen atoms in total. The first-order valence-corrected chi connectivity index (χ1v) is 13.3. The third-order valence-electron chi connectivity index (χ3n) is 8.15. The van der Waals surface area contributed by atoms with Crippen molar-refractivity contribution in [2.45, 2.75) is 61.7 Å². The Balaban J connectivity index is 0.000000707. The van der Waals surface area contributed by atoms with E-state index in [1.807, 2.05) is 19.2 Å². The molecule has 1 heterocycles. The van der Waals surface area contributed by atoms with Crippen LogP contribution in [0.15, 0.2) is 36.4 Å². The van der Waals surface area contributed by atoms with Crippen molar-refractivity contribution in [2.24, 2.45) is 5.73 Å². The Hall–Kier alpha value is -3.89. The number of hydrogen-bond donors (Lipinski definition) is 2. The van der Waals surface area contributed by atoms with Crippen LogP contribution in [0.5, 0.6) is 11.5 Å². The molecule has 250 valence electrons. The van der Waals surface area contributed by atoms with Gasteiger partial charge in [0.15, 0.2) is 11.5 Å². The van der Waals surface area contributed by atoms with Crippen molar-refractivity contribution in [1.82, 2.24) is 4.90 Å². The van der Waals surface area contributed by atoms with Crippen molar-refractivity contribution in [1.29, 1.82) is 0 Å². The van der Waals surface area contributed by atoms with Crippen LogP contribution in [0.25, 0.3) is 0 Å². The van der Waals surface area contributed by atoms with Gasteiger partial charge in [0.05, 0.1) is 25.3 Å². The van der Waals surface area contributed by atoms with Crippen LogP contribution in [0.2, 0.25) is 0 Å². The quantitative estimate of drug-likeness (QED) is 0.358. The molecule has 1 saturated heterocycles. The second kappa shape index (κ2) is 12.8. The maximum Gasteiger partial charge on any atom is 0.490 e. The molecule has 0 spiro atoms. The number of methoxy groups -OCH3 is 2. The normalized spacial score (nSPS) is 22.1. The Labute approximate surface area is 251 Å². The molecule has 2 fully saturated rings. The minimum absolute atomic E-state index is 0.0381. The number of amides is 2. The minimum atomic E-state index is -5.08. The van der Waals surface area contributed by atoms with Gasteiger partial charge in [-0.1, -0.05) is 6.07 Å². The lowest BCUT2D eigenvalue weighted by Crippen LogP contribution is -2.54. The molecular formula is C28H30F9N3O5. The van der Waals surface area contributed by atoms with E-state index in [1.54, 1.807) is 6.07 Å². The van der Waals surface area contributed by atoms with Gasteiger partial charge < -0.3 is 25.2 Å². The first-order valence-electron chi connectivity index (χ1n) is 13.3. The number of carboxylic acids is 1. The number of alkyl halides is 9. The predicted molar refractivity (Wildman–Crippen MR) is 142 cm³/mol. The Morgan fingerprint density at radius 2 is 1.44 bits per heavy atom. The average Bonchev–Trinajstić information content (AvgIpc) is 3.28. The summed E-state index contributed by atoms with van der Waals surface area (Å²) in [4.78, 5) is 24.4. The smallest absolute Gasteiger partial charge is 0.490 e. The number of carboxylic acid groups (broad SMARTS) is 1. The zero-order chi connectivity index (χ0) is 34.1. The van der Waals surface area contributed by atoms with Gasteiger partial charge in [0.2, 0.25) is 0 Å². The molecule has 45 heavy (non-hydrogen) atoms. The molecule has 0 radical (unpaired) electrons. The van der Waals surface area contributed by atoms with E-state index in [-0.39, 0.29) is 17.5 Å². The predicted octanol–water partition coefficient (Wildman–Crippen LogP) is 6.45. The summed E-state index contributed by atoms with van der Waals surface area (Å²) in [6.45, 7) is 0.726. The first-order chi connectivity index (χ1) is 20.7. The number of nitrogens with zero attached hydrogens (tertiary/aromatic N) is 2. The van der Waals surface area contributed by atoms with Crippen LogP contribution in [0.1, 0.15) is 42.4 Å². The van der Waals surface area contributed by atoms with Crippen molar-refractivity contribution < 1.29 is 63.7 Å². The monoisotopic (exact) mass is 659 g/mol. The summed E-state index contributed by atoms with van der Waals surface area (Å²) >= 11 is 0. The molecule has 1 aliphatic carbocycles. The summed E-state index contributed by atoms with van der Waals surface area (Å²) in [5.41, 5.74) is 2.71. The summed E-state index contributed by atoms with van der Waals surface area (Å²) in [7, 11) is 4.98. The third-order valence-corrected chi connectivity index (χ3v) is 8.15. The van der Waals surface area contributed by atoms with Crippen LogP contribution in [0, 0.1) is 0 Å². The molecule has 4 rings (SSSR count). The number of carbonyl (C=O) groups is 2. The Morgan fingerprint density at radius 1 is 0.911 bits per heavy atom. The number of halogens is 9. The van der Waals surface area contributed by atoms with Gasteiger partial charge in [-0.2, -0.15) is 39.5 Å². The van der Waals surface area contributed by atoms with Crippen molar-refractivity contribution in [3.63, 3.8) is 0 Å². The highest BCUT2D eigenvalue weighted by molar-refractivity contribution is 5.91. The molecule has 3 N–H and O–H groups in total. The number of nitrogens with two attached hydrogens (primary N) is 1. The number of rotatable bonds is 5. The highest BCUT2D eigenvalue weighted by Crippen LogP contribution is 2.51. The number of hydrogen-bond acceptors (Lipinski definition) is 5. The first kappa shape index (κ1) is 35.6. The molecule has 17 heteroatoms. The van der Waals surface area contributed by atoms with Crippen LogP contribution >= 0.6 is 0 Å². The average molecular weight is 660 g/mol. The summed E-state index contributed by atoms with van der Waals surface area (Å²) in [6, 6.07) is 4.84. The summed E-state index contributed by atoms with van der Waals surface area (Å²) in [5, 5.41) is 7.12. The Morgan fingerprint density at radius 3 is 1.89 bits per heavy atom. The van der Waals surface area contributed by atoms with Crippen LogP contribution in [0.3, 0.4) is 0 Å². The maximum atomic E-state index is 13.5. The molecular weight excluding hydrogens is 629 g/mol. The molecule has 0 bridgehead atoms. The molecule has 2 aromatic rings. The molecule has 2 aromatic carbocycles. The van der Waals surface area contributed by atoms with Crippen molar-refractivity contribution >= 4 is 17.7 Å². The lowest BCUT2D eigenvalue weighted by atomic mass is 9.64. The SMILES string of the molecule is COc1ccc([C@@]23CC[C@@H](N(C(N)=O)c4cc(C(F)(F)F)cc(C(F)(F)F)c4)C[C@@H]2N(C)CC3)cc1OC.O=C(O)C(F)(F)F. The highest BCUT2D eigenvalue weighted by atomic mass is 19.4. The zero-order valence-corrected chi connectivity index (χ0v) is 24.1. The van der Waals surface area contributed by atoms with E-state index in [4.69, 9.17) is 25.1 Å². The van der Waals surface area contributed by atoms with E-state index in [0.29, 0.717) is 42.9 Å². The summed E-state index contributed by atoms with van der Waals surface area (Å²) in [5.74, 6) is -1.64. The van der Waals surface area contributed by atoms with E-state index in [2.05, 4.69) is 4.90 Å². The van der Waals surface area contributed by atoms with Gasteiger partial charge in [0, 0.05) is 23.2 Å².